The topological polar surface area (TPSA) is 52.4 Å². The number of hydrogen-bond donors (Lipinski definition) is 0. The molecule has 1 rings (SSSR count). The van der Waals surface area contributed by atoms with E-state index in [-0.39, 0.29) is 11.4 Å². The van der Waals surface area contributed by atoms with Crippen molar-refractivity contribution in [3.63, 3.8) is 0 Å². The van der Waals surface area contributed by atoms with E-state index < -0.39 is 10.7 Å². The van der Waals surface area contributed by atoms with Crippen LogP contribution in [0.25, 0.3) is 6.08 Å². The molecule has 0 aliphatic carbocycles. The number of ether oxygens (including phenoxy) is 1. The molecule has 1 aromatic carbocycles. The van der Waals surface area contributed by atoms with Gasteiger partial charge in [0.2, 0.25) is 5.75 Å². The van der Waals surface area contributed by atoms with Crippen molar-refractivity contribution >= 4 is 11.8 Å². The Morgan fingerprint density at radius 2 is 2.20 bits per heavy atom. The zero-order valence-corrected chi connectivity index (χ0v) is 8.36. The van der Waals surface area contributed by atoms with Crippen LogP contribution in [-0.2, 0) is 0 Å². The predicted molar refractivity (Wildman–Crippen MR) is 54.3 cm³/mol. The van der Waals surface area contributed by atoms with Crippen LogP contribution in [0.1, 0.15) is 12.5 Å². The molecule has 0 saturated carbocycles. The van der Waals surface area contributed by atoms with Gasteiger partial charge >= 0.3 is 5.69 Å². The summed E-state index contributed by atoms with van der Waals surface area (Å²) in [6.45, 7) is 1.72. The van der Waals surface area contributed by atoms with Gasteiger partial charge in [-0.3, -0.25) is 10.1 Å². The van der Waals surface area contributed by atoms with Gasteiger partial charge in [0.1, 0.15) is 0 Å². The van der Waals surface area contributed by atoms with Gasteiger partial charge < -0.3 is 4.74 Å². The van der Waals surface area contributed by atoms with Gasteiger partial charge in [-0.15, -0.1) is 0 Å². The fourth-order valence-electron chi connectivity index (χ4n) is 1.26. The van der Waals surface area contributed by atoms with Gasteiger partial charge in [0.25, 0.3) is 0 Å². The van der Waals surface area contributed by atoms with E-state index in [4.69, 9.17) is 0 Å². The fraction of sp³-hybridized carbons (Fsp3) is 0.200. The van der Waals surface area contributed by atoms with Gasteiger partial charge in [0.05, 0.1) is 17.6 Å². The van der Waals surface area contributed by atoms with Crippen LogP contribution in [0, 0.1) is 15.9 Å². The minimum absolute atomic E-state index is 0.320. The van der Waals surface area contributed by atoms with Crippen LogP contribution in [0.2, 0.25) is 0 Å². The molecule has 0 aromatic heterocycles. The van der Waals surface area contributed by atoms with Crippen molar-refractivity contribution in [3.8, 4) is 5.75 Å². The average molecular weight is 211 g/mol. The number of rotatable bonds is 3. The Bertz CT molecular complexity index is 415. The number of nitrogens with zero attached hydrogens (tertiary/aromatic N) is 1. The molecule has 0 radical (unpaired) electrons. The van der Waals surface area contributed by atoms with Crippen molar-refractivity contribution in [2.45, 2.75) is 6.92 Å². The Hall–Kier alpha value is -1.91. The summed E-state index contributed by atoms with van der Waals surface area (Å²) in [7, 11) is 1.20. The lowest BCUT2D eigenvalue weighted by Gasteiger charge is -2.04. The number of methoxy groups -OCH3 is 1. The highest BCUT2D eigenvalue weighted by Gasteiger charge is 2.22. The summed E-state index contributed by atoms with van der Waals surface area (Å²) in [5.41, 5.74) is -0.0312. The molecule has 0 saturated heterocycles. The zero-order valence-electron chi connectivity index (χ0n) is 8.36. The Morgan fingerprint density at radius 1 is 1.53 bits per heavy atom. The van der Waals surface area contributed by atoms with E-state index in [2.05, 4.69) is 4.74 Å². The average Bonchev–Trinajstić information content (AvgIpc) is 2.20. The molecule has 0 amide bonds. The van der Waals surface area contributed by atoms with Gasteiger partial charge in [0.15, 0.2) is 5.82 Å². The zero-order chi connectivity index (χ0) is 11.4. The summed E-state index contributed by atoms with van der Waals surface area (Å²) in [4.78, 5) is 10.1. The first-order valence-electron chi connectivity index (χ1n) is 4.25. The molecule has 1 aromatic rings. The summed E-state index contributed by atoms with van der Waals surface area (Å²) in [5.74, 6) is -1.08. The molecule has 0 atom stereocenters. The molecule has 15 heavy (non-hydrogen) atoms. The molecule has 80 valence electrons. The maximum absolute atomic E-state index is 13.2. The van der Waals surface area contributed by atoms with Crippen molar-refractivity contribution in [3.05, 3.63) is 39.7 Å². The van der Waals surface area contributed by atoms with E-state index in [0.717, 1.165) is 6.07 Å². The van der Waals surface area contributed by atoms with Crippen molar-refractivity contribution in [1.29, 1.82) is 0 Å². The fourth-order valence-corrected chi connectivity index (χ4v) is 1.26. The third-order valence-electron chi connectivity index (χ3n) is 1.85. The highest BCUT2D eigenvalue weighted by Crippen LogP contribution is 2.34. The maximum atomic E-state index is 13.2. The molecule has 0 heterocycles. The highest BCUT2D eigenvalue weighted by atomic mass is 19.1. The number of halogens is 1. The SMILES string of the molecule is C/C=C/c1ccc(F)c(OC)c1[N+](=O)[O-]. The van der Waals surface area contributed by atoms with Crippen LogP contribution in [0.15, 0.2) is 18.2 Å². The van der Waals surface area contributed by atoms with Crippen LogP contribution in [0.5, 0.6) is 5.75 Å². The van der Waals surface area contributed by atoms with Crippen LogP contribution in [0.3, 0.4) is 0 Å². The van der Waals surface area contributed by atoms with Gasteiger partial charge in [-0.1, -0.05) is 12.2 Å². The lowest BCUT2D eigenvalue weighted by atomic mass is 10.1. The second kappa shape index (κ2) is 4.54. The molecule has 0 spiro atoms. The van der Waals surface area contributed by atoms with E-state index in [9.17, 15) is 14.5 Å². The number of benzene rings is 1. The summed E-state index contributed by atoms with van der Waals surface area (Å²) < 4.78 is 17.9. The first-order chi connectivity index (χ1) is 7.11. The maximum Gasteiger partial charge on any atom is 0.321 e. The molecule has 0 aliphatic heterocycles. The largest absolute Gasteiger partial charge is 0.488 e. The van der Waals surface area contributed by atoms with E-state index in [0.29, 0.717) is 5.56 Å². The Labute approximate surface area is 86.1 Å². The second-order valence-corrected chi connectivity index (χ2v) is 2.78. The van der Waals surface area contributed by atoms with Crippen molar-refractivity contribution in [1.82, 2.24) is 0 Å². The Kier molecular flexibility index (Phi) is 3.38. The standard InChI is InChI=1S/C10H10FNO3/c1-3-4-7-5-6-8(11)10(15-2)9(7)12(13)14/h3-6H,1-2H3/b4-3+. The van der Waals surface area contributed by atoms with E-state index in [1.54, 1.807) is 13.0 Å². The van der Waals surface area contributed by atoms with E-state index >= 15 is 0 Å². The normalized spacial score (nSPS) is 10.6. The summed E-state index contributed by atoms with van der Waals surface area (Å²) in [6.07, 6.45) is 3.17. The summed E-state index contributed by atoms with van der Waals surface area (Å²) >= 11 is 0. The van der Waals surface area contributed by atoms with Gasteiger partial charge in [-0.25, -0.2) is 4.39 Å². The third-order valence-corrected chi connectivity index (χ3v) is 1.85. The minimum atomic E-state index is -0.738. The van der Waals surface area contributed by atoms with E-state index in [1.165, 1.54) is 19.3 Å². The lowest BCUT2D eigenvalue weighted by molar-refractivity contribution is -0.386. The Morgan fingerprint density at radius 3 is 2.67 bits per heavy atom. The predicted octanol–water partition coefficient (Wildman–Crippen LogP) is 2.78. The monoisotopic (exact) mass is 211 g/mol. The number of nitro benzene ring substituents is 1. The Balaban J connectivity index is 3.48. The molecule has 0 N–H and O–H groups in total. The lowest BCUT2D eigenvalue weighted by Crippen LogP contribution is -1.98. The smallest absolute Gasteiger partial charge is 0.321 e. The van der Waals surface area contributed by atoms with Gasteiger partial charge in [0, 0.05) is 0 Å². The van der Waals surface area contributed by atoms with E-state index in [1.807, 2.05) is 0 Å². The highest BCUT2D eigenvalue weighted by molar-refractivity contribution is 5.66. The minimum Gasteiger partial charge on any atom is -0.488 e. The van der Waals surface area contributed by atoms with Crippen molar-refractivity contribution < 1.29 is 14.1 Å². The van der Waals surface area contributed by atoms with Crippen LogP contribution in [0.4, 0.5) is 10.1 Å². The molecule has 0 bridgehead atoms. The number of allylic oxidation sites excluding steroid dienone is 1. The first-order valence-corrected chi connectivity index (χ1v) is 4.25. The van der Waals surface area contributed by atoms with Crippen molar-refractivity contribution in [2.24, 2.45) is 0 Å². The second-order valence-electron chi connectivity index (χ2n) is 2.78. The number of nitro groups is 1. The van der Waals surface area contributed by atoms with Gasteiger partial charge in [-0.05, 0) is 19.1 Å². The molecule has 5 heteroatoms. The van der Waals surface area contributed by atoms with Crippen molar-refractivity contribution in [2.75, 3.05) is 7.11 Å². The van der Waals surface area contributed by atoms with Crippen LogP contribution >= 0.6 is 0 Å². The number of hydrogen-bond acceptors (Lipinski definition) is 3. The van der Waals surface area contributed by atoms with Crippen LogP contribution in [-0.4, -0.2) is 12.0 Å². The molecule has 4 nitrogen and oxygen atoms in total. The van der Waals surface area contributed by atoms with Crippen LogP contribution < -0.4 is 4.74 Å². The summed E-state index contributed by atoms with van der Waals surface area (Å²) in [5, 5.41) is 10.8. The molecular weight excluding hydrogens is 201 g/mol. The molecule has 0 aliphatic rings. The molecular formula is C10H10FNO3. The van der Waals surface area contributed by atoms with Gasteiger partial charge in [-0.2, -0.15) is 0 Å². The quantitative estimate of drug-likeness (QED) is 0.570. The summed E-state index contributed by atoms with van der Waals surface area (Å²) in [6, 6.07) is 2.48. The molecule has 0 unspecified atom stereocenters. The molecule has 0 fully saturated rings. The third kappa shape index (κ3) is 2.12. The first kappa shape index (κ1) is 11.2.